The van der Waals surface area contributed by atoms with Crippen molar-refractivity contribution in [1.29, 1.82) is 0 Å². The van der Waals surface area contributed by atoms with Crippen molar-refractivity contribution in [2.45, 2.75) is 40.2 Å². The Bertz CT molecular complexity index is 1630. The summed E-state index contributed by atoms with van der Waals surface area (Å²) in [6.45, 7) is 8.39. The Labute approximate surface area is 207 Å². The van der Waals surface area contributed by atoms with Crippen LogP contribution in [0.5, 0.6) is 0 Å². The quantitative estimate of drug-likeness (QED) is 0.388. The van der Waals surface area contributed by atoms with Gasteiger partial charge in [-0.25, -0.2) is 18.4 Å². The molecule has 0 fully saturated rings. The molecular formula is C27H27F2N7. The third kappa shape index (κ3) is 3.22. The van der Waals surface area contributed by atoms with Crippen LogP contribution in [0, 0.1) is 32.4 Å². The molecule has 6 rings (SSSR count). The molecule has 0 amide bonds. The van der Waals surface area contributed by atoms with E-state index in [-0.39, 0.29) is 17.7 Å². The fourth-order valence-corrected chi connectivity index (χ4v) is 5.32. The maximum Gasteiger partial charge on any atom is 0.147 e. The summed E-state index contributed by atoms with van der Waals surface area (Å²) in [6.07, 6.45) is 4.04. The van der Waals surface area contributed by atoms with Gasteiger partial charge in [0.15, 0.2) is 0 Å². The fraction of sp³-hybridized carbons (Fsp3) is 0.296. The summed E-state index contributed by atoms with van der Waals surface area (Å²) in [5.74, 6) is 0.271. The van der Waals surface area contributed by atoms with Gasteiger partial charge < -0.3 is 5.32 Å². The van der Waals surface area contributed by atoms with E-state index in [9.17, 15) is 4.39 Å². The summed E-state index contributed by atoms with van der Waals surface area (Å²) in [7, 11) is 1.79. The van der Waals surface area contributed by atoms with Gasteiger partial charge in [0.05, 0.1) is 34.2 Å². The minimum Gasteiger partial charge on any atom is -0.310 e. The highest BCUT2D eigenvalue weighted by Gasteiger charge is 2.29. The second-order valence-corrected chi connectivity index (χ2v) is 9.59. The number of imidazole rings is 1. The number of halogens is 2. The van der Waals surface area contributed by atoms with E-state index in [0.717, 1.165) is 46.9 Å². The second kappa shape index (κ2) is 8.09. The summed E-state index contributed by atoms with van der Waals surface area (Å²) in [5, 5.41) is 13.1. The maximum atomic E-state index is 15.5. The van der Waals surface area contributed by atoms with E-state index in [1.807, 2.05) is 34.4 Å². The van der Waals surface area contributed by atoms with Crippen LogP contribution in [0.15, 0.2) is 36.8 Å². The Kier molecular flexibility index (Phi) is 5.08. The molecular weight excluding hydrogens is 460 g/mol. The summed E-state index contributed by atoms with van der Waals surface area (Å²) in [6, 6.07) is 7.30. The number of nitrogens with one attached hydrogen (secondary N) is 1. The van der Waals surface area contributed by atoms with Crippen molar-refractivity contribution < 1.29 is 8.78 Å². The van der Waals surface area contributed by atoms with Crippen molar-refractivity contribution in [3.8, 4) is 22.8 Å². The van der Waals surface area contributed by atoms with E-state index in [1.54, 1.807) is 44.2 Å². The summed E-state index contributed by atoms with van der Waals surface area (Å²) in [5.41, 5.74) is 6.45. The van der Waals surface area contributed by atoms with Gasteiger partial charge in [-0.05, 0) is 63.1 Å². The number of aromatic nitrogens is 6. The van der Waals surface area contributed by atoms with Crippen LogP contribution in [0.2, 0.25) is 0 Å². The largest absolute Gasteiger partial charge is 0.310 e. The second-order valence-electron chi connectivity index (χ2n) is 9.59. The van der Waals surface area contributed by atoms with Gasteiger partial charge in [0.2, 0.25) is 0 Å². The van der Waals surface area contributed by atoms with Crippen molar-refractivity contribution in [3.63, 3.8) is 0 Å². The lowest BCUT2D eigenvalue weighted by Crippen LogP contribution is -2.28. The van der Waals surface area contributed by atoms with Crippen molar-refractivity contribution in [2.24, 2.45) is 7.05 Å². The van der Waals surface area contributed by atoms with Crippen LogP contribution in [0.3, 0.4) is 0 Å². The number of rotatable bonds is 3. The standard InChI is InChI=1S/C27H27F2N7/c1-14-10-18(11-15(2)24(14)28)36-27(23-16(3)30-9-8-21(23)33-36)35-13-31-26(17(35)4)19-6-7-22-20(25(19)29)12-32-34(22)5/h6-7,10-13,16,30H,8-9H2,1-5H3/t16-/m0/s1. The van der Waals surface area contributed by atoms with E-state index >= 15 is 4.39 Å². The molecule has 1 aliphatic rings. The molecule has 184 valence electrons. The summed E-state index contributed by atoms with van der Waals surface area (Å²) < 4.78 is 35.5. The third-order valence-corrected chi connectivity index (χ3v) is 7.24. The van der Waals surface area contributed by atoms with Gasteiger partial charge in [0.25, 0.3) is 0 Å². The monoisotopic (exact) mass is 487 g/mol. The van der Waals surface area contributed by atoms with Gasteiger partial charge in [-0.2, -0.15) is 10.2 Å². The highest BCUT2D eigenvalue weighted by molar-refractivity contribution is 5.85. The first-order chi connectivity index (χ1) is 17.3. The molecule has 4 heterocycles. The van der Waals surface area contributed by atoms with E-state index in [4.69, 9.17) is 5.10 Å². The predicted octanol–water partition coefficient (Wildman–Crippen LogP) is 5.02. The lowest BCUT2D eigenvalue weighted by molar-refractivity contribution is 0.536. The van der Waals surface area contributed by atoms with Gasteiger partial charge in [-0.3, -0.25) is 9.25 Å². The highest BCUT2D eigenvalue weighted by Crippen LogP contribution is 2.35. The third-order valence-electron chi connectivity index (χ3n) is 7.24. The fourth-order valence-electron chi connectivity index (χ4n) is 5.32. The zero-order chi connectivity index (χ0) is 25.3. The zero-order valence-electron chi connectivity index (χ0n) is 20.9. The summed E-state index contributed by atoms with van der Waals surface area (Å²) >= 11 is 0. The molecule has 0 radical (unpaired) electrons. The van der Waals surface area contributed by atoms with Crippen LogP contribution >= 0.6 is 0 Å². The van der Waals surface area contributed by atoms with Crippen molar-refractivity contribution in [2.75, 3.05) is 6.54 Å². The molecule has 0 saturated heterocycles. The predicted molar refractivity (Wildman–Crippen MR) is 135 cm³/mol. The lowest BCUT2D eigenvalue weighted by atomic mass is 10.0. The Morgan fingerprint density at radius 1 is 1.06 bits per heavy atom. The molecule has 9 heteroatoms. The van der Waals surface area contributed by atoms with Crippen molar-refractivity contribution in [3.05, 3.63) is 76.5 Å². The normalized spacial score (nSPS) is 15.6. The average molecular weight is 488 g/mol. The molecule has 0 saturated carbocycles. The molecule has 0 unspecified atom stereocenters. The molecule has 0 bridgehead atoms. The first kappa shape index (κ1) is 22.6. The van der Waals surface area contributed by atoms with Gasteiger partial charge in [0.1, 0.15) is 23.8 Å². The highest BCUT2D eigenvalue weighted by atomic mass is 19.1. The molecule has 1 atom stereocenters. The Morgan fingerprint density at radius 2 is 1.81 bits per heavy atom. The summed E-state index contributed by atoms with van der Waals surface area (Å²) in [4.78, 5) is 4.65. The number of hydrogen-bond donors (Lipinski definition) is 1. The Morgan fingerprint density at radius 3 is 2.56 bits per heavy atom. The van der Waals surface area contributed by atoms with Crippen LogP contribution < -0.4 is 5.32 Å². The van der Waals surface area contributed by atoms with Crippen molar-refractivity contribution in [1.82, 2.24) is 34.4 Å². The van der Waals surface area contributed by atoms with Gasteiger partial charge >= 0.3 is 0 Å². The maximum absolute atomic E-state index is 15.5. The van der Waals surface area contributed by atoms with E-state index < -0.39 is 0 Å². The molecule has 0 spiro atoms. The van der Waals surface area contributed by atoms with Crippen molar-refractivity contribution >= 4 is 10.9 Å². The average Bonchev–Trinajstić information content (AvgIpc) is 3.53. The van der Waals surface area contributed by atoms with E-state index in [2.05, 4.69) is 22.3 Å². The molecule has 7 nitrogen and oxygen atoms in total. The Hall–Kier alpha value is -3.85. The number of hydrogen-bond acceptors (Lipinski definition) is 4. The lowest BCUT2D eigenvalue weighted by Gasteiger charge is -2.21. The molecule has 5 aromatic rings. The Balaban J connectivity index is 1.58. The molecule has 3 aromatic heterocycles. The van der Waals surface area contributed by atoms with E-state index in [1.165, 1.54) is 0 Å². The first-order valence-corrected chi connectivity index (χ1v) is 12.0. The van der Waals surface area contributed by atoms with Gasteiger partial charge in [-0.1, -0.05) is 0 Å². The molecule has 36 heavy (non-hydrogen) atoms. The van der Waals surface area contributed by atoms with Gasteiger partial charge in [-0.15, -0.1) is 0 Å². The smallest absolute Gasteiger partial charge is 0.147 e. The van der Waals surface area contributed by atoms with Crippen LogP contribution in [0.25, 0.3) is 33.7 Å². The van der Waals surface area contributed by atoms with E-state index in [0.29, 0.717) is 27.8 Å². The number of fused-ring (bicyclic) bond motifs is 2. The number of aryl methyl sites for hydroxylation is 3. The van der Waals surface area contributed by atoms with Crippen LogP contribution in [-0.4, -0.2) is 35.7 Å². The number of nitrogens with zero attached hydrogens (tertiary/aromatic N) is 6. The van der Waals surface area contributed by atoms with Crippen LogP contribution in [0.4, 0.5) is 8.78 Å². The number of benzene rings is 2. The zero-order valence-corrected chi connectivity index (χ0v) is 20.9. The van der Waals surface area contributed by atoms with Gasteiger partial charge in [0, 0.05) is 42.9 Å². The topological polar surface area (TPSA) is 65.5 Å². The first-order valence-electron chi connectivity index (χ1n) is 12.0. The van der Waals surface area contributed by atoms with Crippen LogP contribution in [-0.2, 0) is 13.5 Å². The SMILES string of the molecule is Cc1cc(-n2nc3c(c2-n2cnc(-c4ccc5c(cnn5C)c4F)c2C)[C@H](C)NCC3)cc(C)c1F. The molecule has 0 aliphatic carbocycles. The minimum absolute atomic E-state index is 0.0638. The molecule has 1 N–H and O–H groups in total. The van der Waals surface area contributed by atoms with Crippen LogP contribution in [0.1, 0.15) is 41.0 Å². The minimum atomic E-state index is -0.343. The molecule has 2 aromatic carbocycles. The molecule has 1 aliphatic heterocycles.